The van der Waals surface area contributed by atoms with Gasteiger partial charge in [0.1, 0.15) is 5.82 Å². The summed E-state index contributed by atoms with van der Waals surface area (Å²) >= 11 is 0. The van der Waals surface area contributed by atoms with Gasteiger partial charge in [0.2, 0.25) is 0 Å². The third kappa shape index (κ3) is 4.52. The maximum Gasteiger partial charge on any atom is 0.335 e. The molecule has 0 radical (unpaired) electrons. The van der Waals surface area contributed by atoms with Crippen molar-refractivity contribution in [1.29, 1.82) is 0 Å². The van der Waals surface area contributed by atoms with Crippen LogP contribution in [0.25, 0.3) is 0 Å². The van der Waals surface area contributed by atoms with Gasteiger partial charge >= 0.3 is 5.97 Å². The predicted molar refractivity (Wildman–Crippen MR) is 74.7 cm³/mol. The van der Waals surface area contributed by atoms with Gasteiger partial charge in [-0.1, -0.05) is 20.8 Å². The Hall–Kier alpha value is -1.62. The zero-order valence-electron chi connectivity index (χ0n) is 11.9. The molecule has 1 heterocycles. The maximum atomic E-state index is 11.1. The molecule has 0 spiro atoms. The summed E-state index contributed by atoms with van der Waals surface area (Å²) in [5.41, 5.74) is 0.0923. The molecule has 0 aliphatic carbocycles. The van der Waals surface area contributed by atoms with E-state index in [-0.39, 0.29) is 11.5 Å². The zero-order valence-corrected chi connectivity index (χ0v) is 11.9. The molecule has 5 nitrogen and oxygen atoms in total. The second kappa shape index (κ2) is 6.02. The van der Waals surface area contributed by atoms with Gasteiger partial charge in [0, 0.05) is 12.2 Å². The minimum Gasteiger partial charge on any atom is -0.478 e. The first-order chi connectivity index (χ1) is 8.75. The standard InChI is InChI=1S/C14H22N2O3/c1-5-14(4,19)8-15-12-7-10(13(17)18)6-11(16-12)9(2)3/h6-7,9,19H,5,8H2,1-4H3,(H,15,16)(H,17,18). The number of carboxylic acid groups (broad SMARTS) is 1. The van der Waals surface area contributed by atoms with Crippen LogP contribution < -0.4 is 5.32 Å². The van der Waals surface area contributed by atoms with Crippen LogP contribution in [0.5, 0.6) is 0 Å². The quantitative estimate of drug-likeness (QED) is 0.736. The predicted octanol–water partition coefficient (Wildman–Crippen LogP) is 2.48. The molecule has 19 heavy (non-hydrogen) atoms. The summed E-state index contributed by atoms with van der Waals surface area (Å²) in [6.45, 7) is 7.86. The van der Waals surface area contributed by atoms with E-state index in [0.717, 1.165) is 5.69 Å². The van der Waals surface area contributed by atoms with E-state index in [1.165, 1.54) is 6.07 Å². The second-order valence-corrected chi connectivity index (χ2v) is 5.33. The minimum atomic E-state index is -0.977. The monoisotopic (exact) mass is 266 g/mol. The van der Waals surface area contributed by atoms with Gasteiger partial charge in [-0.3, -0.25) is 0 Å². The second-order valence-electron chi connectivity index (χ2n) is 5.33. The Morgan fingerprint density at radius 2 is 2.11 bits per heavy atom. The molecule has 0 amide bonds. The Labute approximate surface area is 113 Å². The summed E-state index contributed by atoms with van der Waals surface area (Å²) in [7, 11) is 0. The largest absolute Gasteiger partial charge is 0.478 e. The summed E-state index contributed by atoms with van der Waals surface area (Å²) in [6.07, 6.45) is 0.607. The molecule has 5 heteroatoms. The van der Waals surface area contributed by atoms with Gasteiger partial charge in [-0.2, -0.15) is 0 Å². The summed E-state index contributed by atoms with van der Waals surface area (Å²) in [6, 6.07) is 3.07. The van der Waals surface area contributed by atoms with Crippen LogP contribution in [0.4, 0.5) is 5.82 Å². The SMILES string of the molecule is CCC(C)(O)CNc1cc(C(=O)O)cc(C(C)C)n1. The Balaban J connectivity index is 2.97. The molecule has 3 N–H and O–H groups in total. The van der Waals surface area contributed by atoms with Crippen LogP contribution in [0.2, 0.25) is 0 Å². The van der Waals surface area contributed by atoms with Crippen molar-refractivity contribution in [3.63, 3.8) is 0 Å². The van der Waals surface area contributed by atoms with Gasteiger partial charge in [0.25, 0.3) is 0 Å². The molecule has 0 bridgehead atoms. The minimum absolute atomic E-state index is 0.145. The molecule has 1 aromatic heterocycles. The number of hydrogen-bond acceptors (Lipinski definition) is 4. The summed E-state index contributed by atoms with van der Waals surface area (Å²) in [5, 5.41) is 22.0. The van der Waals surface area contributed by atoms with Crippen LogP contribution in [-0.4, -0.2) is 33.3 Å². The van der Waals surface area contributed by atoms with E-state index in [4.69, 9.17) is 5.11 Å². The van der Waals surface area contributed by atoms with Crippen molar-refractivity contribution >= 4 is 11.8 Å². The molecule has 1 rings (SSSR count). The van der Waals surface area contributed by atoms with E-state index >= 15 is 0 Å². The van der Waals surface area contributed by atoms with Crippen LogP contribution >= 0.6 is 0 Å². The number of carbonyl (C=O) groups is 1. The molecule has 106 valence electrons. The summed E-state index contributed by atoms with van der Waals surface area (Å²) < 4.78 is 0. The van der Waals surface area contributed by atoms with E-state index in [2.05, 4.69) is 10.3 Å². The van der Waals surface area contributed by atoms with Crippen molar-refractivity contribution in [2.75, 3.05) is 11.9 Å². The lowest BCUT2D eigenvalue weighted by Crippen LogP contribution is -2.32. The normalized spacial score (nSPS) is 14.2. The van der Waals surface area contributed by atoms with Gasteiger partial charge in [-0.05, 0) is 31.4 Å². The fourth-order valence-corrected chi connectivity index (χ4v) is 1.47. The number of aliphatic hydroxyl groups is 1. The number of rotatable bonds is 6. The van der Waals surface area contributed by atoms with E-state index in [9.17, 15) is 9.90 Å². The first-order valence-corrected chi connectivity index (χ1v) is 6.46. The van der Waals surface area contributed by atoms with Gasteiger partial charge < -0.3 is 15.5 Å². The molecular formula is C14H22N2O3. The molecule has 0 saturated carbocycles. The highest BCUT2D eigenvalue weighted by atomic mass is 16.4. The van der Waals surface area contributed by atoms with Crippen LogP contribution in [0.3, 0.4) is 0 Å². The van der Waals surface area contributed by atoms with Gasteiger partial charge in [-0.15, -0.1) is 0 Å². The number of anilines is 1. The maximum absolute atomic E-state index is 11.1. The third-order valence-corrected chi connectivity index (χ3v) is 3.10. The first-order valence-electron chi connectivity index (χ1n) is 6.46. The van der Waals surface area contributed by atoms with Crippen molar-refractivity contribution in [2.45, 2.75) is 45.6 Å². The van der Waals surface area contributed by atoms with E-state index in [1.54, 1.807) is 13.0 Å². The van der Waals surface area contributed by atoms with E-state index in [0.29, 0.717) is 18.8 Å². The first kappa shape index (κ1) is 15.4. The zero-order chi connectivity index (χ0) is 14.6. The van der Waals surface area contributed by atoms with Crippen molar-refractivity contribution in [3.05, 3.63) is 23.4 Å². The average molecular weight is 266 g/mol. The number of nitrogens with zero attached hydrogens (tertiary/aromatic N) is 1. The summed E-state index contributed by atoms with van der Waals surface area (Å²) in [4.78, 5) is 15.4. The topological polar surface area (TPSA) is 82.5 Å². The van der Waals surface area contributed by atoms with Crippen LogP contribution in [0.15, 0.2) is 12.1 Å². The molecule has 0 aromatic carbocycles. The number of carboxylic acids is 1. The lowest BCUT2D eigenvalue weighted by molar-refractivity contribution is 0.0693. The molecule has 1 atom stereocenters. The Morgan fingerprint density at radius 1 is 1.47 bits per heavy atom. The Bertz CT molecular complexity index is 456. The number of hydrogen-bond donors (Lipinski definition) is 3. The summed E-state index contributed by atoms with van der Waals surface area (Å²) in [5.74, 6) is -0.349. The number of aromatic nitrogens is 1. The molecule has 1 unspecified atom stereocenters. The molecule has 0 saturated heterocycles. The Kier molecular flexibility index (Phi) is 4.89. The lowest BCUT2D eigenvalue weighted by atomic mass is 10.0. The average Bonchev–Trinajstić information content (AvgIpc) is 2.36. The van der Waals surface area contributed by atoms with Gasteiger partial charge in [0.05, 0.1) is 11.2 Å². The lowest BCUT2D eigenvalue weighted by Gasteiger charge is -2.22. The number of nitrogens with one attached hydrogen (secondary N) is 1. The van der Waals surface area contributed by atoms with Gasteiger partial charge in [-0.25, -0.2) is 9.78 Å². The van der Waals surface area contributed by atoms with Crippen molar-refractivity contribution in [3.8, 4) is 0 Å². The molecule has 0 fully saturated rings. The van der Waals surface area contributed by atoms with E-state index in [1.807, 2.05) is 20.8 Å². The van der Waals surface area contributed by atoms with Crippen molar-refractivity contribution in [1.82, 2.24) is 4.98 Å². The highest BCUT2D eigenvalue weighted by Crippen LogP contribution is 2.18. The molecule has 0 aliphatic heterocycles. The van der Waals surface area contributed by atoms with Crippen LogP contribution in [0, 0.1) is 0 Å². The fraction of sp³-hybridized carbons (Fsp3) is 0.571. The number of aromatic carboxylic acids is 1. The third-order valence-electron chi connectivity index (χ3n) is 3.10. The number of pyridine rings is 1. The molecule has 1 aromatic rings. The van der Waals surface area contributed by atoms with Gasteiger partial charge in [0.15, 0.2) is 0 Å². The highest BCUT2D eigenvalue weighted by Gasteiger charge is 2.18. The smallest absolute Gasteiger partial charge is 0.335 e. The fourth-order valence-electron chi connectivity index (χ4n) is 1.47. The van der Waals surface area contributed by atoms with Crippen molar-refractivity contribution < 1.29 is 15.0 Å². The van der Waals surface area contributed by atoms with Crippen LogP contribution in [-0.2, 0) is 0 Å². The molecule has 0 aliphatic rings. The Morgan fingerprint density at radius 3 is 2.58 bits per heavy atom. The molecular weight excluding hydrogens is 244 g/mol. The highest BCUT2D eigenvalue weighted by molar-refractivity contribution is 5.88. The van der Waals surface area contributed by atoms with Crippen molar-refractivity contribution in [2.24, 2.45) is 0 Å². The van der Waals surface area contributed by atoms with E-state index < -0.39 is 11.6 Å². The van der Waals surface area contributed by atoms with Crippen LogP contribution in [0.1, 0.15) is 56.1 Å².